The van der Waals surface area contributed by atoms with Gasteiger partial charge in [0.15, 0.2) is 28.0 Å². The lowest BCUT2D eigenvalue weighted by atomic mass is 10.0. The van der Waals surface area contributed by atoms with E-state index in [-0.39, 0.29) is 46.2 Å². The first-order valence-corrected chi connectivity index (χ1v) is 21.7. The third-order valence-corrected chi connectivity index (χ3v) is 13.7. The standard InChI is InChI=1S/C41H31N9O9S3/c1-19-12-22(14-30-44-34(36(52)47-56)46-50(19)30)60-16-21-17-61-38-32(37(53)49(38)33(21)39(54)55)45-35(51)31(27-18-62-40(42)43-27)48-57-15-20-10-11-28-29(13-20)59-41(58-28)25-8-4-2-6-23(25)24-7-3-5-9-26(24)41/h2-14,18,32,38,56H,15-17H2,1H3,(H2,42,43)(H,45,51)(H,47,52)(H,54,55)/t32-,38-/m1/s1. The number of rotatable bonds is 11. The number of hydrogen-bond donors (Lipinski definition) is 5. The number of anilines is 1. The quantitative estimate of drug-likeness (QED) is 0.0400. The van der Waals surface area contributed by atoms with Crippen LogP contribution in [0.4, 0.5) is 5.13 Å². The van der Waals surface area contributed by atoms with Crippen LogP contribution < -0.4 is 26.0 Å². The van der Waals surface area contributed by atoms with E-state index >= 15 is 0 Å². The van der Waals surface area contributed by atoms with Crippen molar-refractivity contribution in [2.75, 3.05) is 17.2 Å². The molecule has 62 heavy (non-hydrogen) atoms. The largest absolute Gasteiger partial charge is 0.477 e. The molecular weight excluding hydrogens is 859 g/mol. The number of nitrogens with zero attached hydrogens (tertiary/aromatic N) is 6. The summed E-state index contributed by atoms with van der Waals surface area (Å²) in [7, 11) is 0. The summed E-state index contributed by atoms with van der Waals surface area (Å²) < 4.78 is 14.6. The number of benzene rings is 3. The fourth-order valence-electron chi connectivity index (χ4n) is 7.80. The second-order valence-electron chi connectivity index (χ2n) is 14.4. The second kappa shape index (κ2) is 15.2. The van der Waals surface area contributed by atoms with E-state index in [0.717, 1.165) is 33.6 Å². The van der Waals surface area contributed by atoms with Crippen LogP contribution in [0.3, 0.4) is 0 Å². The Kier molecular flexibility index (Phi) is 9.61. The Balaban J connectivity index is 0.827. The molecule has 1 fully saturated rings. The second-order valence-corrected chi connectivity index (χ2v) is 17.4. The first-order chi connectivity index (χ1) is 30.0. The molecule has 6 aromatic rings. The predicted molar refractivity (Wildman–Crippen MR) is 226 cm³/mol. The van der Waals surface area contributed by atoms with Crippen LogP contribution in [0.25, 0.3) is 16.8 Å². The lowest BCUT2D eigenvalue weighted by Crippen LogP contribution is -2.71. The summed E-state index contributed by atoms with van der Waals surface area (Å²) in [6, 6.07) is 23.7. The number of amides is 3. The van der Waals surface area contributed by atoms with Gasteiger partial charge >= 0.3 is 17.7 Å². The van der Waals surface area contributed by atoms with Gasteiger partial charge in [-0.25, -0.2) is 24.8 Å². The van der Waals surface area contributed by atoms with Gasteiger partial charge in [0.1, 0.15) is 29.4 Å². The Morgan fingerprint density at radius 3 is 2.48 bits per heavy atom. The van der Waals surface area contributed by atoms with Gasteiger partial charge in [-0.2, -0.15) is 0 Å². The molecule has 1 spiro atoms. The lowest BCUT2D eigenvalue weighted by molar-refractivity contribution is -0.150. The molecular formula is C41H31N9O9S3. The zero-order chi connectivity index (χ0) is 42.9. The van der Waals surface area contributed by atoms with Crippen molar-refractivity contribution < 1.29 is 43.8 Å². The van der Waals surface area contributed by atoms with Crippen LogP contribution >= 0.6 is 34.9 Å². The Hall–Kier alpha value is -6.94. The number of carboxylic acids is 1. The minimum atomic E-state index is -1.28. The maximum Gasteiger partial charge on any atom is 0.352 e. The van der Waals surface area contributed by atoms with Gasteiger partial charge in [-0.15, -0.1) is 40.0 Å². The molecule has 18 nitrogen and oxygen atoms in total. The Morgan fingerprint density at radius 1 is 1.03 bits per heavy atom. The monoisotopic (exact) mass is 889 g/mol. The van der Waals surface area contributed by atoms with Gasteiger partial charge in [0.05, 0.1) is 0 Å². The minimum Gasteiger partial charge on any atom is -0.477 e. The van der Waals surface area contributed by atoms with Crippen LogP contribution in [0, 0.1) is 6.92 Å². The molecule has 3 aliphatic heterocycles. The number of aliphatic carboxylic acids is 1. The summed E-state index contributed by atoms with van der Waals surface area (Å²) in [5.74, 6) is -3.31. The van der Waals surface area contributed by atoms with Gasteiger partial charge in [0.2, 0.25) is 5.82 Å². The lowest BCUT2D eigenvalue weighted by Gasteiger charge is -2.49. The highest BCUT2D eigenvalue weighted by molar-refractivity contribution is 8.01. The van der Waals surface area contributed by atoms with Crippen molar-refractivity contribution in [3.8, 4) is 22.6 Å². The summed E-state index contributed by atoms with van der Waals surface area (Å²) in [5.41, 5.74) is 13.2. The van der Waals surface area contributed by atoms with Crippen molar-refractivity contribution in [3.05, 3.63) is 129 Å². The van der Waals surface area contributed by atoms with Gasteiger partial charge < -0.3 is 30.5 Å². The molecule has 0 unspecified atom stereocenters. The number of oxime groups is 1. The molecule has 6 N–H and O–H groups in total. The molecule has 3 aromatic carbocycles. The van der Waals surface area contributed by atoms with Gasteiger partial charge in [0, 0.05) is 38.6 Å². The number of hydrogen-bond acceptors (Lipinski definition) is 16. The molecule has 0 radical (unpaired) electrons. The number of hydroxylamine groups is 1. The maximum absolute atomic E-state index is 13.8. The first-order valence-electron chi connectivity index (χ1n) is 18.8. The van der Waals surface area contributed by atoms with Crippen molar-refractivity contribution in [1.82, 2.24) is 35.3 Å². The van der Waals surface area contributed by atoms with Crippen LogP contribution in [0.15, 0.2) is 106 Å². The number of carbonyl (C=O) groups excluding carboxylic acids is 3. The molecule has 3 aromatic heterocycles. The number of nitrogens with one attached hydrogen (secondary N) is 2. The molecule has 10 rings (SSSR count). The number of nitrogen functional groups attached to an aromatic ring is 1. The van der Waals surface area contributed by atoms with Crippen LogP contribution in [0.5, 0.6) is 11.5 Å². The third kappa shape index (κ3) is 6.47. The topological polar surface area (TPSA) is 245 Å². The Bertz CT molecular complexity index is 2920. The van der Waals surface area contributed by atoms with Crippen molar-refractivity contribution >= 4 is 75.0 Å². The zero-order valence-electron chi connectivity index (χ0n) is 32.1. The van der Waals surface area contributed by atoms with E-state index in [1.54, 1.807) is 42.6 Å². The van der Waals surface area contributed by atoms with Gasteiger partial charge in [-0.1, -0.05) is 59.8 Å². The minimum absolute atomic E-state index is 0.0658. The van der Waals surface area contributed by atoms with Crippen molar-refractivity contribution in [2.45, 2.75) is 35.6 Å². The number of thiazole rings is 1. The molecule has 4 aliphatic rings. The Morgan fingerprint density at radius 2 is 1.77 bits per heavy atom. The molecule has 1 saturated heterocycles. The number of ether oxygens (including phenoxy) is 2. The van der Waals surface area contributed by atoms with Gasteiger partial charge in [-0.05, 0) is 53.5 Å². The summed E-state index contributed by atoms with van der Waals surface area (Å²) in [6.45, 7) is 1.69. The number of aryl methyl sites for hydroxylation is 1. The number of carbonyl (C=O) groups is 4. The van der Waals surface area contributed by atoms with Crippen molar-refractivity contribution in [2.24, 2.45) is 5.16 Å². The highest BCUT2D eigenvalue weighted by Gasteiger charge is 2.55. The van der Waals surface area contributed by atoms with E-state index in [2.05, 4.69) is 25.5 Å². The first kappa shape index (κ1) is 39.2. The van der Waals surface area contributed by atoms with E-state index in [1.807, 2.05) is 48.5 Å². The highest BCUT2D eigenvalue weighted by atomic mass is 32.2. The summed E-state index contributed by atoms with van der Waals surface area (Å²) >= 11 is 3.73. The smallest absolute Gasteiger partial charge is 0.352 e. The van der Waals surface area contributed by atoms with E-state index in [4.69, 9.17) is 25.3 Å². The molecule has 0 bridgehead atoms. The summed E-state index contributed by atoms with van der Waals surface area (Å²) in [5, 5.41) is 31.2. The number of β-lactam (4-membered cyclic amide) rings is 1. The summed E-state index contributed by atoms with van der Waals surface area (Å²) in [4.78, 5) is 67.9. The molecule has 1 aliphatic carbocycles. The van der Waals surface area contributed by atoms with Crippen LogP contribution in [0.2, 0.25) is 0 Å². The van der Waals surface area contributed by atoms with E-state index in [1.165, 1.54) is 38.4 Å². The number of aromatic nitrogens is 4. The fraction of sp³-hybridized carbons (Fsp3) is 0.171. The molecule has 6 heterocycles. The average Bonchev–Trinajstić information content (AvgIpc) is 4.07. The van der Waals surface area contributed by atoms with Gasteiger partial charge in [-0.3, -0.25) is 24.5 Å². The fourth-order valence-corrected chi connectivity index (χ4v) is 10.8. The van der Waals surface area contributed by atoms with Crippen LogP contribution in [-0.2, 0) is 31.6 Å². The normalized spacial score (nSPS) is 18.0. The predicted octanol–water partition coefficient (Wildman–Crippen LogP) is 4.30. The summed E-state index contributed by atoms with van der Waals surface area (Å²) in [6.07, 6.45) is 0. The average molecular weight is 890 g/mol. The van der Waals surface area contributed by atoms with E-state index in [9.17, 15) is 24.3 Å². The molecule has 312 valence electrons. The molecule has 2 atom stereocenters. The van der Waals surface area contributed by atoms with E-state index < -0.39 is 40.9 Å². The molecule has 21 heteroatoms. The third-order valence-electron chi connectivity index (χ3n) is 10.6. The number of pyridine rings is 1. The van der Waals surface area contributed by atoms with Crippen molar-refractivity contribution in [3.63, 3.8) is 0 Å². The van der Waals surface area contributed by atoms with Crippen LogP contribution in [0.1, 0.15) is 38.7 Å². The number of carboxylic acid groups (broad SMARTS) is 1. The Labute approximate surface area is 362 Å². The van der Waals surface area contributed by atoms with E-state index in [0.29, 0.717) is 38.9 Å². The SMILES string of the molecule is Cc1cc(SCC2=C(C(=O)O)N3C(=O)[C@@H](NC(=O)C(=NOCc4ccc5c(c4)OC4(O5)c5ccccc5-c5ccccc54)c4csc(N)n4)[C@H]3SC2)cc2nc(C(=O)NO)nn12. The number of nitrogens with two attached hydrogens (primary N) is 1. The zero-order valence-corrected chi connectivity index (χ0v) is 34.5. The number of thioether (sulfide) groups is 2. The molecule has 0 saturated carbocycles. The maximum atomic E-state index is 13.8. The number of fused-ring (bicyclic) bond motifs is 8. The highest BCUT2D eigenvalue weighted by Crippen LogP contribution is 2.55. The van der Waals surface area contributed by atoms with Crippen molar-refractivity contribution in [1.29, 1.82) is 0 Å². The molecule has 3 amide bonds. The van der Waals surface area contributed by atoms with Crippen LogP contribution in [-0.4, -0.2) is 87.1 Å². The van der Waals surface area contributed by atoms with Gasteiger partial charge in [0.25, 0.3) is 11.8 Å².